The van der Waals surface area contributed by atoms with Crippen molar-refractivity contribution in [2.24, 2.45) is 0 Å². The third-order valence-electron chi connectivity index (χ3n) is 4.35. The Morgan fingerprint density at radius 2 is 2.05 bits per heavy atom. The van der Waals surface area contributed by atoms with E-state index >= 15 is 0 Å². The van der Waals surface area contributed by atoms with Crippen molar-refractivity contribution in [3.8, 4) is 0 Å². The number of carbonyl (C=O) groups is 2. The van der Waals surface area contributed by atoms with Gasteiger partial charge >= 0.3 is 0 Å². The molecular formula is C16H20N2O3. The van der Waals surface area contributed by atoms with E-state index in [9.17, 15) is 14.7 Å². The van der Waals surface area contributed by atoms with Crippen LogP contribution in [0.4, 0.5) is 5.69 Å². The van der Waals surface area contributed by atoms with E-state index in [2.05, 4.69) is 10.6 Å². The number of benzene rings is 1. The number of nitrogens with one attached hydrogen (secondary N) is 2. The highest BCUT2D eigenvalue weighted by Crippen LogP contribution is 2.27. The summed E-state index contributed by atoms with van der Waals surface area (Å²) in [6.07, 6.45) is 4.99. The fraction of sp³-hybridized carbons (Fsp3) is 0.500. The molecule has 1 aliphatic heterocycles. The third-order valence-corrected chi connectivity index (χ3v) is 4.35. The van der Waals surface area contributed by atoms with Crippen LogP contribution in [0.5, 0.6) is 0 Å². The Bertz CT molecular complexity index is 577. The molecule has 1 saturated carbocycles. The summed E-state index contributed by atoms with van der Waals surface area (Å²) in [6.45, 7) is 0.292. The minimum absolute atomic E-state index is 0.0425. The first-order valence-corrected chi connectivity index (χ1v) is 7.49. The summed E-state index contributed by atoms with van der Waals surface area (Å²) in [4.78, 5) is 23.5. The van der Waals surface area contributed by atoms with Gasteiger partial charge in [0.05, 0.1) is 12.0 Å². The second kappa shape index (κ2) is 5.48. The van der Waals surface area contributed by atoms with Crippen molar-refractivity contribution < 1.29 is 14.7 Å². The largest absolute Gasteiger partial charge is 0.388 e. The van der Waals surface area contributed by atoms with Gasteiger partial charge in [-0.1, -0.05) is 19.3 Å². The molecule has 5 heteroatoms. The summed E-state index contributed by atoms with van der Waals surface area (Å²) >= 11 is 0. The zero-order valence-corrected chi connectivity index (χ0v) is 11.9. The Morgan fingerprint density at radius 3 is 2.81 bits per heavy atom. The first kappa shape index (κ1) is 14.1. The van der Waals surface area contributed by atoms with Crippen molar-refractivity contribution in [1.29, 1.82) is 0 Å². The van der Waals surface area contributed by atoms with Gasteiger partial charge in [-0.15, -0.1) is 0 Å². The van der Waals surface area contributed by atoms with E-state index < -0.39 is 5.60 Å². The molecule has 3 N–H and O–H groups in total. The quantitative estimate of drug-likeness (QED) is 0.790. The van der Waals surface area contributed by atoms with Gasteiger partial charge in [0, 0.05) is 17.8 Å². The highest BCUT2D eigenvalue weighted by Gasteiger charge is 2.29. The Balaban J connectivity index is 1.63. The lowest BCUT2D eigenvalue weighted by atomic mass is 9.85. The van der Waals surface area contributed by atoms with E-state index in [-0.39, 0.29) is 11.8 Å². The van der Waals surface area contributed by atoms with Crippen molar-refractivity contribution in [2.45, 2.75) is 44.1 Å². The third kappa shape index (κ3) is 3.08. The predicted molar refractivity (Wildman–Crippen MR) is 79.1 cm³/mol. The predicted octanol–water partition coefficient (Wildman–Crippen LogP) is 1.61. The van der Waals surface area contributed by atoms with Crippen LogP contribution < -0.4 is 10.6 Å². The highest BCUT2D eigenvalue weighted by atomic mass is 16.3. The Kier molecular flexibility index (Phi) is 3.68. The van der Waals surface area contributed by atoms with Gasteiger partial charge in [0.1, 0.15) is 0 Å². The van der Waals surface area contributed by atoms with Gasteiger partial charge in [-0.3, -0.25) is 9.59 Å². The second-order valence-electron chi connectivity index (χ2n) is 6.06. The van der Waals surface area contributed by atoms with Crippen molar-refractivity contribution in [2.75, 3.05) is 11.9 Å². The van der Waals surface area contributed by atoms with E-state index in [4.69, 9.17) is 0 Å². The Morgan fingerprint density at radius 1 is 1.29 bits per heavy atom. The molecule has 0 aromatic heterocycles. The maximum atomic E-state index is 12.2. The summed E-state index contributed by atoms with van der Waals surface area (Å²) in [5, 5.41) is 15.9. The van der Waals surface area contributed by atoms with Crippen LogP contribution in [-0.2, 0) is 11.2 Å². The van der Waals surface area contributed by atoms with Crippen LogP contribution in [0.1, 0.15) is 48.0 Å². The van der Waals surface area contributed by atoms with Crippen molar-refractivity contribution in [3.05, 3.63) is 29.3 Å². The van der Waals surface area contributed by atoms with Crippen molar-refractivity contribution in [3.63, 3.8) is 0 Å². The Labute approximate surface area is 123 Å². The number of fused-ring (bicyclic) bond motifs is 1. The first-order valence-electron chi connectivity index (χ1n) is 7.49. The monoisotopic (exact) mass is 288 g/mol. The average molecular weight is 288 g/mol. The lowest BCUT2D eigenvalue weighted by molar-refractivity contribution is -0.115. The molecule has 1 aliphatic carbocycles. The van der Waals surface area contributed by atoms with Gasteiger partial charge in [0.25, 0.3) is 5.91 Å². The number of aliphatic hydroxyl groups is 1. The normalized spacial score (nSPS) is 19.8. The first-order chi connectivity index (χ1) is 10.1. The summed E-state index contributed by atoms with van der Waals surface area (Å²) in [5.74, 6) is -0.241. The molecule has 0 radical (unpaired) electrons. The molecule has 1 aromatic carbocycles. The minimum Gasteiger partial charge on any atom is -0.388 e. The molecule has 112 valence electrons. The standard InChI is InChI=1S/C16H20N2O3/c19-14-9-12-8-11(4-5-13(12)18-14)15(20)17-10-16(21)6-2-1-3-7-16/h4-5,8,21H,1-3,6-7,9-10H2,(H,17,20)(H,18,19). The summed E-state index contributed by atoms with van der Waals surface area (Å²) in [6, 6.07) is 5.20. The number of anilines is 1. The lowest BCUT2D eigenvalue weighted by Gasteiger charge is -2.32. The number of hydrogen-bond acceptors (Lipinski definition) is 3. The molecule has 0 unspecified atom stereocenters. The van der Waals surface area contributed by atoms with Crippen molar-refractivity contribution in [1.82, 2.24) is 5.32 Å². The van der Waals surface area contributed by atoms with Gasteiger partial charge in [-0.25, -0.2) is 0 Å². The van der Waals surface area contributed by atoms with E-state index in [0.29, 0.717) is 18.5 Å². The van der Waals surface area contributed by atoms with Gasteiger partial charge < -0.3 is 15.7 Å². The number of rotatable bonds is 3. The van der Waals surface area contributed by atoms with Crippen LogP contribution >= 0.6 is 0 Å². The minimum atomic E-state index is -0.762. The maximum absolute atomic E-state index is 12.2. The van der Waals surface area contributed by atoms with Gasteiger partial charge in [0.2, 0.25) is 5.91 Å². The van der Waals surface area contributed by atoms with E-state index in [1.165, 1.54) is 0 Å². The van der Waals surface area contributed by atoms with Crippen LogP contribution in [0, 0.1) is 0 Å². The topological polar surface area (TPSA) is 78.4 Å². The fourth-order valence-corrected chi connectivity index (χ4v) is 3.10. The van der Waals surface area contributed by atoms with Crippen LogP contribution in [0.2, 0.25) is 0 Å². The molecule has 0 atom stereocenters. The zero-order chi connectivity index (χ0) is 14.9. The molecule has 0 saturated heterocycles. The maximum Gasteiger partial charge on any atom is 0.251 e. The van der Waals surface area contributed by atoms with E-state index in [1.807, 2.05) is 0 Å². The molecule has 5 nitrogen and oxygen atoms in total. The smallest absolute Gasteiger partial charge is 0.251 e. The molecule has 1 aromatic rings. The van der Waals surface area contributed by atoms with E-state index in [0.717, 1.165) is 43.4 Å². The van der Waals surface area contributed by atoms with Crippen LogP contribution in [0.3, 0.4) is 0 Å². The summed E-state index contributed by atoms with van der Waals surface area (Å²) in [7, 11) is 0. The van der Waals surface area contributed by atoms with Gasteiger partial charge in [0.15, 0.2) is 0 Å². The Hall–Kier alpha value is -1.88. The zero-order valence-electron chi connectivity index (χ0n) is 11.9. The summed E-state index contributed by atoms with van der Waals surface area (Å²) in [5.41, 5.74) is 1.40. The van der Waals surface area contributed by atoms with Crippen molar-refractivity contribution >= 4 is 17.5 Å². The molecule has 0 bridgehead atoms. The number of hydrogen-bond donors (Lipinski definition) is 3. The lowest BCUT2D eigenvalue weighted by Crippen LogP contribution is -2.44. The molecular weight excluding hydrogens is 268 g/mol. The van der Waals surface area contributed by atoms with Crippen LogP contribution in [0.25, 0.3) is 0 Å². The average Bonchev–Trinajstić information content (AvgIpc) is 2.84. The second-order valence-corrected chi connectivity index (χ2v) is 6.06. The van der Waals surface area contributed by atoms with Gasteiger partial charge in [-0.2, -0.15) is 0 Å². The highest BCUT2D eigenvalue weighted by molar-refractivity contribution is 6.01. The summed E-state index contributed by atoms with van der Waals surface area (Å²) < 4.78 is 0. The molecule has 1 heterocycles. The number of carbonyl (C=O) groups excluding carboxylic acids is 2. The van der Waals surface area contributed by atoms with Crippen LogP contribution in [-0.4, -0.2) is 29.1 Å². The molecule has 1 fully saturated rings. The molecule has 21 heavy (non-hydrogen) atoms. The van der Waals surface area contributed by atoms with Gasteiger partial charge in [-0.05, 0) is 36.6 Å². The number of amides is 2. The molecule has 3 rings (SSSR count). The van der Waals surface area contributed by atoms with E-state index in [1.54, 1.807) is 18.2 Å². The molecule has 2 aliphatic rings. The molecule has 2 amide bonds. The van der Waals surface area contributed by atoms with Crippen LogP contribution in [0.15, 0.2) is 18.2 Å². The SMILES string of the molecule is O=C1Cc2cc(C(=O)NCC3(O)CCCCC3)ccc2N1. The fourth-order valence-electron chi connectivity index (χ4n) is 3.10. The molecule has 0 spiro atoms.